The summed E-state index contributed by atoms with van der Waals surface area (Å²) in [6.07, 6.45) is 6.64. The maximum atomic E-state index is 12.5. The summed E-state index contributed by atoms with van der Waals surface area (Å²) < 4.78 is 3.90. The molecule has 1 amide bonds. The molecule has 1 aliphatic rings. The van der Waals surface area contributed by atoms with Crippen LogP contribution in [0.25, 0.3) is 0 Å². The Morgan fingerprint density at radius 2 is 2.29 bits per heavy atom. The van der Waals surface area contributed by atoms with Crippen molar-refractivity contribution in [3.05, 3.63) is 36.2 Å². The van der Waals surface area contributed by atoms with E-state index < -0.39 is 0 Å². The zero-order chi connectivity index (χ0) is 14.8. The summed E-state index contributed by atoms with van der Waals surface area (Å²) in [5.41, 5.74) is 0.735. The standard InChI is InChI=1S/C15H21N5O/c1-3-12(14-16-10-17-20(14)4-2)18-15(21)13-6-5-9-19(13)11-7-8-11/h5-6,9-12H,3-4,7-8H2,1-2H3,(H,18,21)/t12-/m1/s1. The number of nitrogens with zero attached hydrogens (tertiary/aromatic N) is 4. The number of aromatic nitrogens is 4. The third-order valence-corrected chi connectivity index (χ3v) is 3.92. The molecule has 1 atom stereocenters. The van der Waals surface area contributed by atoms with E-state index in [4.69, 9.17) is 0 Å². The zero-order valence-corrected chi connectivity index (χ0v) is 12.5. The first-order chi connectivity index (χ1) is 10.2. The van der Waals surface area contributed by atoms with E-state index >= 15 is 0 Å². The van der Waals surface area contributed by atoms with Gasteiger partial charge in [0.2, 0.25) is 0 Å². The lowest BCUT2D eigenvalue weighted by molar-refractivity contribution is 0.0923. The van der Waals surface area contributed by atoms with Crippen LogP contribution in [-0.2, 0) is 6.54 Å². The Bertz CT molecular complexity index is 626. The SMILES string of the molecule is CC[C@@H](NC(=O)c1cccn1C1CC1)c1ncnn1CC. The topological polar surface area (TPSA) is 64.7 Å². The number of nitrogens with one attached hydrogen (secondary N) is 1. The first kappa shape index (κ1) is 13.9. The fraction of sp³-hybridized carbons (Fsp3) is 0.533. The minimum Gasteiger partial charge on any atom is -0.341 e. The van der Waals surface area contributed by atoms with E-state index in [1.54, 1.807) is 6.33 Å². The van der Waals surface area contributed by atoms with Gasteiger partial charge in [-0.15, -0.1) is 0 Å². The van der Waals surface area contributed by atoms with E-state index in [2.05, 4.69) is 20.0 Å². The molecule has 1 saturated carbocycles. The quantitative estimate of drug-likeness (QED) is 0.886. The van der Waals surface area contributed by atoms with Gasteiger partial charge in [-0.3, -0.25) is 4.79 Å². The second kappa shape index (κ2) is 5.71. The minimum atomic E-state index is -0.109. The van der Waals surface area contributed by atoms with Crippen LogP contribution in [0.3, 0.4) is 0 Å². The van der Waals surface area contributed by atoms with Gasteiger partial charge in [-0.05, 0) is 38.3 Å². The van der Waals surface area contributed by atoms with Gasteiger partial charge in [-0.1, -0.05) is 6.92 Å². The average molecular weight is 287 g/mol. The van der Waals surface area contributed by atoms with E-state index in [1.165, 1.54) is 0 Å². The molecule has 6 heteroatoms. The molecule has 0 radical (unpaired) electrons. The molecule has 0 spiro atoms. The van der Waals surface area contributed by atoms with Crippen LogP contribution in [0.15, 0.2) is 24.7 Å². The van der Waals surface area contributed by atoms with Crippen LogP contribution in [0.5, 0.6) is 0 Å². The van der Waals surface area contributed by atoms with Crippen LogP contribution in [0.4, 0.5) is 0 Å². The third kappa shape index (κ3) is 2.70. The first-order valence-electron chi connectivity index (χ1n) is 7.60. The van der Waals surface area contributed by atoms with Gasteiger partial charge < -0.3 is 9.88 Å². The lowest BCUT2D eigenvalue weighted by Gasteiger charge is -2.17. The van der Waals surface area contributed by atoms with Crippen molar-refractivity contribution < 1.29 is 4.79 Å². The van der Waals surface area contributed by atoms with Crippen molar-refractivity contribution in [2.24, 2.45) is 0 Å². The molecule has 0 bridgehead atoms. The summed E-state index contributed by atoms with van der Waals surface area (Å²) in [5, 5.41) is 7.26. The monoisotopic (exact) mass is 287 g/mol. The molecule has 0 aromatic carbocycles. The Morgan fingerprint density at radius 3 is 2.95 bits per heavy atom. The number of rotatable bonds is 6. The Labute approximate surface area is 124 Å². The molecule has 6 nitrogen and oxygen atoms in total. The molecule has 3 rings (SSSR count). The molecule has 2 aromatic heterocycles. The van der Waals surface area contributed by atoms with Gasteiger partial charge in [0.1, 0.15) is 17.8 Å². The van der Waals surface area contributed by atoms with Crippen LogP contribution in [0.1, 0.15) is 61.5 Å². The Kier molecular flexibility index (Phi) is 3.77. The lowest BCUT2D eigenvalue weighted by Crippen LogP contribution is -2.31. The summed E-state index contributed by atoms with van der Waals surface area (Å²) in [6, 6.07) is 4.20. The zero-order valence-electron chi connectivity index (χ0n) is 12.5. The second-order valence-corrected chi connectivity index (χ2v) is 5.40. The number of hydrogen-bond acceptors (Lipinski definition) is 3. The Balaban J connectivity index is 1.77. The molecule has 1 aliphatic carbocycles. The van der Waals surface area contributed by atoms with Gasteiger partial charge in [-0.25, -0.2) is 9.67 Å². The van der Waals surface area contributed by atoms with Crippen LogP contribution in [0.2, 0.25) is 0 Å². The smallest absolute Gasteiger partial charge is 0.268 e. The van der Waals surface area contributed by atoms with Gasteiger partial charge in [-0.2, -0.15) is 5.10 Å². The van der Waals surface area contributed by atoms with E-state index in [0.29, 0.717) is 6.04 Å². The van der Waals surface area contributed by atoms with Crippen LogP contribution in [0, 0.1) is 0 Å². The van der Waals surface area contributed by atoms with E-state index in [0.717, 1.165) is 37.3 Å². The first-order valence-corrected chi connectivity index (χ1v) is 7.60. The molecule has 1 N–H and O–H groups in total. The number of carbonyl (C=O) groups excluding carboxylic acids is 1. The summed E-state index contributed by atoms with van der Waals surface area (Å²) in [7, 11) is 0. The number of aryl methyl sites for hydroxylation is 1. The summed E-state index contributed by atoms with van der Waals surface area (Å²) >= 11 is 0. The molecule has 21 heavy (non-hydrogen) atoms. The molecular formula is C15H21N5O. The second-order valence-electron chi connectivity index (χ2n) is 5.40. The van der Waals surface area contributed by atoms with E-state index in [-0.39, 0.29) is 11.9 Å². The van der Waals surface area contributed by atoms with E-state index in [1.807, 2.05) is 36.9 Å². The predicted octanol–water partition coefficient (Wildman–Crippen LogP) is 2.32. The minimum absolute atomic E-state index is 0.0376. The molecule has 112 valence electrons. The molecule has 1 fully saturated rings. The average Bonchev–Trinajstić information content (AvgIpc) is 3.05. The number of amides is 1. The van der Waals surface area contributed by atoms with Crippen molar-refractivity contribution >= 4 is 5.91 Å². The highest BCUT2D eigenvalue weighted by atomic mass is 16.2. The fourth-order valence-electron chi connectivity index (χ4n) is 2.63. The highest BCUT2D eigenvalue weighted by Gasteiger charge is 2.28. The summed E-state index contributed by atoms with van der Waals surface area (Å²) in [5.74, 6) is 0.780. The van der Waals surface area contributed by atoms with Crippen molar-refractivity contribution in [2.75, 3.05) is 0 Å². The van der Waals surface area contributed by atoms with E-state index in [9.17, 15) is 4.79 Å². The van der Waals surface area contributed by atoms with Gasteiger partial charge in [0.05, 0.1) is 6.04 Å². The Hall–Kier alpha value is -2.11. The van der Waals surface area contributed by atoms with Gasteiger partial charge in [0.25, 0.3) is 5.91 Å². The molecule has 2 aromatic rings. The van der Waals surface area contributed by atoms with Gasteiger partial charge in [0, 0.05) is 18.8 Å². The van der Waals surface area contributed by atoms with Gasteiger partial charge in [0.15, 0.2) is 0 Å². The number of carbonyl (C=O) groups is 1. The maximum absolute atomic E-state index is 12.5. The highest BCUT2D eigenvalue weighted by Crippen LogP contribution is 2.36. The molecule has 0 unspecified atom stereocenters. The van der Waals surface area contributed by atoms with Gasteiger partial charge >= 0.3 is 0 Å². The normalized spacial score (nSPS) is 15.9. The van der Waals surface area contributed by atoms with Crippen LogP contribution < -0.4 is 5.32 Å². The molecule has 0 aliphatic heterocycles. The third-order valence-electron chi connectivity index (χ3n) is 3.92. The summed E-state index contributed by atoms with van der Waals surface area (Å²) in [6.45, 7) is 4.81. The van der Waals surface area contributed by atoms with Crippen molar-refractivity contribution in [1.29, 1.82) is 0 Å². The van der Waals surface area contributed by atoms with Crippen molar-refractivity contribution in [2.45, 2.75) is 51.7 Å². The Morgan fingerprint density at radius 1 is 1.48 bits per heavy atom. The predicted molar refractivity (Wildman–Crippen MR) is 78.9 cm³/mol. The number of hydrogen-bond donors (Lipinski definition) is 1. The molecule has 2 heterocycles. The van der Waals surface area contributed by atoms with Crippen molar-refractivity contribution in [3.63, 3.8) is 0 Å². The van der Waals surface area contributed by atoms with Crippen molar-refractivity contribution in [3.8, 4) is 0 Å². The molecule has 0 saturated heterocycles. The lowest BCUT2D eigenvalue weighted by atomic mass is 10.2. The highest BCUT2D eigenvalue weighted by molar-refractivity contribution is 5.93. The maximum Gasteiger partial charge on any atom is 0.268 e. The van der Waals surface area contributed by atoms with Crippen LogP contribution in [-0.4, -0.2) is 25.2 Å². The van der Waals surface area contributed by atoms with Crippen LogP contribution >= 0.6 is 0 Å². The molecular weight excluding hydrogens is 266 g/mol. The largest absolute Gasteiger partial charge is 0.341 e. The van der Waals surface area contributed by atoms with Crippen molar-refractivity contribution in [1.82, 2.24) is 24.6 Å². The fourth-order valence-corrected chi connectivity index (χ4v) is 2.63. The summed E-state index contributed by atoms with van der Waals surface area (Å²) in [4.78, 5) is 16.8.